The SMILES string of the molecule is CNc1cc(N(C)Cc2ccccc2Cl)nc(C2CC2)n1. The summed E-state index contributed by atoms with van der Waals surface area (Å²) in [7, 11) is 3.92. The highest BCUT2D eigenvalue weighted by Gasteiger charge is 2.27. The molecule has 1 heterocycles. The Hall–Kier alpha value is -1.81. The van der Waals surface area contributed by atoms with Gasteiger partial charge in [-0.3, -0.25) is 0 Å². The Balaban J connectivity index is 1.85. The number of hydrogen-bond donors (Lipinski definition) is 1. The summed E-state index contributed by atoms with van der Waals surface area (Å²) in [6.07, 6.45) is 2.39. The van der Waals surface area contributed by atoms with Gasteiger partial charge in [-0.25, -0.2) is 9.97 Å². The van der Waals surface area contributed by atoms with Gasteiger partial charge in [-0.1, -0.05) is 29.8 Å². The molecule has 0 amide bonds. The monoisotopic (exact) mass is 302 g/mol. The van der Waals surface area contributed by atoms with Gasteiger partial charge in [-0.2, -0.15) is 0 Å². The Morgan fingerprint density at radius 2 is 2.05 bits per heavy atom. The molecule has 0 aliphatic heterocycles. The lowest BCUT2D eigenvalue weighted by Crippen LogP contribution is -2.19. The number of rotatable bonds is 5. The van der Waals surface area contributed by atoms with Crippen molar-refractivity contribution < 1.29 is 0 Å². The zero-order chi connectivity index (χ0) is 14.8. The molecule has 0 radical (unpaired) electrons. The Morgan fingerprint density at radius 3 is 2.71 bits per heavy atom. The third-order valence-electron chi connectivity index (χ3n) is 3.69. The maximum absolute atomic E-state index is 6.23. The van der Waals surface area contributed by atoms with Crippen molar-refractivity contribution in [3.05, 3.63) is 46.7 Å². The van der Waals surface area contributed by atoms with Crippen molar-refractivity contribution in [1.29, 1.82) is 0 Å². The molecule has 1 aromatic carbocycles. The van der Waals surface area contributed by atoms with Crippen LogP contribution in [0, 0.1) is 0 Å². The second-order valence-electron chi connectivity index (χ2n) is 5.44. The van der Waals surface area contributed by atoms with Crippen LogP contribution in [0.25, 0.3) is 0 Å². The van der Waals surface area contributed by atoms with E-state index in [-0.39, 0.29) is 0 Å². The van der Waals surface area contributed by atoms with Crippen LogP contribution < -0.4 is 10.2 Å². The second kappa shape index (κ2) is 5.90. The van der Waals surface area contributed by atoms with E-state index in [0.717, 1.165) is 34.6 Å². The molecule has 3 rings (SSSR count). The zero-order valence-electron chi connectivity index (χ0n) is 12.3. The van der Waals surface area contributed by atoms with E-state index in [2.05, 4.69) is 15.2 Å². The quantitative estimate of drug-likeness (QED) is 0.914. The number of aromatic nitrogens is 2. The summed E-state index contributed by atoms with van der Waals surface area (Å²) in [6, 6.07) is 9.88. The lowest BCUT2D eigenvalue weighted by molar-refractivity contribution is 0.855. The normalized spacial score (nSPS) is 14.0. The van der Waals surface area contributed by atoms with E-state index in [0.29, 0.717) is 5.92 Å². The molecule has 0 spiro atoms. The molecule has 0 saturated heterocycles. The average molecular weight is 303 g/mol. The van der Waals surface area contributed by atoms with Crippen LogP contribution >= 0.6 is 11.6 Å². The Kier molecular flexibility index (Phi) is 3.97. The first-order chi connectivity index (χ1) is 10.2. The van der Waals surface area contributed by atoms with E-state index in [1.54, 1.807) is 0 Å². The Labute approximate surface area is 130 Å². The first-order valence-electron chi connectivity index (χ1n) is 7.18. The van der Waals surface area contributed by atoms with Crippen LogP contribution in [0.2, 0.25) is 5.02 Å². The molecule has 1 N–H and O–H groups in total. The molecule has 1 aliphatic carbocycles. The fraction of sp³-hybridized carbons (Fsp3) is 0.375. The van der Waals surface area contributed by atoms with Gasteiger partial charge < -0.3 is 10.2 Å². The molecule has 1 aliphatic rings. The highest BCUT2D eigenvalue weighted by atomic mass is 35.5. The first kappa shape index (κ1) is 14.1. The molecule has 21 heavy (non-hydrogen) atoms. The molecule has 5 heteroatoms. The van der Waals surface area contributed by atoms with E-state index in [1.807, 2.05) is 44.4 Å². The fourth-order valence-electron chi connectivity index (χ4n) is 2.26. The molecular formula is C16H19ClN4. The lowest BCUT2D eigenvalue weighted by Gasteiger charge is -2.20. The van der Waals surface area contributed by atoms with E-state index in [4.69, 9.17) is 16.6 Å². The summed E-state index contributed by atoms with van der Waals surface area (Å²) in [5, 5.41) is 3.90. The summed E-state index contributed by atoms with van der Waals surface area (Å²) in [5.74, 6) is 3.28. The molecule has 1 saturated carbocycles. The zero-order valence-corrected chi connectivity index (χ0v) is 13.1. The molecule has 2 aromatic rings. The van der Waals surface area contributed by atoms with Crippen molar-refractivity contribution >= 4 is 23.2 Å². The van der Waals surface area contributed by atoms with E-state index < -0.39 is 0 Å². The number of hydrogen-bond acceptors (Lipinski definition) is 4. The van der Waals surface area contributed by atoms with Gasteiger partial charge in [0.15, 0.2) is 0 Å². The Morgan fingerprint density at radius 1 is 1.29 bits per heavy atom. The van der Waals surface area contributed by atoms with Crippen molar-refractivity contribution in [1.82, 2.24) is 9.97 Å². The standard InChI is InChI=1S/C16H19ClN4/c1-18-14-9-15(20-16(19-14)11-7-8-11)21(2)10-12-5-3-4-6-13(12)17/h3-6,9,11H,7-8,10H2,1-2H3,(H,18,19,20). The number of benzene rings is 1. The molecule has 110 valence electrons. The van der Waals surface area contributed by atoms with Gasteiger partial charge in [0.25, 0.3) is 0 Å². The van der Waals surface area contributed by atoms with E-state index in [9.17, 15) is 0 Å². The van der Waals surface area contributed by atoms with Crippen LogP contribution in [0.5, 0.6) is 0 Å². The largest absolute Gasteiger partial charge is 0.373 e. The number of nitrogens with one attached hydrogen (secondary N) is 1. The predicted molar refractivity (Wildman–Crippen MR) is 87.1 cm³/mol. The van der Waals surface area contributed by atoms with Crippen LogP contribution in [0.15, 0.2) is 30.3 Å². The molecule has 0 bridgehead atoms. The number of nitrogens with zero attached hydrogens (tertiary/aromatic N) is 3. The van der Waals surface area contributed by atoms with E-state index >= 15 is 0 Å². The van der Waals surface area contributed by atoms with Gasteiger partial charge in [0.2, 0.25) is 0 Å². The topological polar surface area (TPSA) is 41.0 Å². The van der Waals surface area contributed by atoms with Gasteiger partial charge in [0.05, 0.1) is 0 Å². The van der Waals surface area contributed by atoms with Gasteiger partial charge in [-0.15, -0.1) is 0 Å². The number of anilines is 2. The molecule has 4 nitrogen and oxygen atoms in total. The van der Waals surface area contributed by atoms with Crippen LogP contribution in [-0.4, -0.2) is 24.1 Å². The van der Waals surface area contributed by atoms with Crippen molar-refractivity contribution in [2.24, 2.45) is 0 Å². The molecule has 0 unspecified atom stereocenters. The third-order valence-corrected chi connectivity index (χ3v) is 4.05. The van der Waals surface area contributed by atoms with Gasteiger partial charge >= 0.3 is 0 Å². The van der Waals surface area contributed by atoms with Crippen LogP contribution in [0.3, 0.4) is 0 Å². The van der Waals surface area contributed by atoms with Crippen LogP contribution in [0.4, 0.5) is 11.6 Å². The predicted octanol–water partition coefficient (Wildman–Crippen LogP) is 3.69. The number of halogens is 1. The summed E-state index contributed by atoms with van der Waals surface area (Å²) in [5.41, 5.74) is 1.10. The average Bonchev–Trinajstić information content (AvgIpc) is 3.34. The van der Waals surface area contributed by atoms with Crippen molar-refractivity contribution in [2.45, 2.75) is 25.3 Å². The lowest BCUT2D eigenvalue weighted by atomic mass is 10.2. The summed E-state index contributed by atoms with van der Waals surface area (Å²) in [4.78, 5) is 11.4. The van der Waals surface area contributed by atoms with Gasteiger partial charge in [-0.05, 0) is 24.5 Å². The highest BCUT2D eigenvalue weighted by Crippen LogP contribution is 2.39. The third kappa shape index (κ3) is 3.27. The molecule has 1 aromatic heterocycles. The summed E-state index contributed by atoms with van der Waals surface area (Å²) in [6.45, 7) is 0.726. The second-order valence-corrected chi connectivity index (χ2v) is 5.85. The molecular weight excluding hydrogens is 284 g/mol. The van der Waals surface area contributed by atoms with Crippen LogP contribution in [-0.2, 0) is 6.54 Å². The minimum atomic E-state index is 0.533. The first-order valence-corrected chi connectivity index (χ1v) is 7.56. The van der Waals surface area contributed by atoms with Gasteiger partial charge in [0, 0.05) is 37.6 Å². The maximum atomic E-state index is 6.23. The van der Waals surface area contributed by atoms with Crippen LogP contribution in [0.1, 0.15) is 30.1 Å². The highest BCUT2D eigenvalue weighted by molar-refractivity contribution is 6.31. The minimum Gasteiger partial charge on any atom is -0.373 e. The fourth-order valence-corrected chi connectivity index (χ4v) is 2.46. The van der Waals surface area contributed by atoms with Crippen molar-refractivity contribution in [3.8, 4) is 0 Å². The maximum Gasteiger partial charge on any atom is 0.136 e. The summed E-state index contributed by atoms with van der Waals surface area (Å²) >= 11 is 6.23. The molecule has 0 atom stereocenters. The smallest absolute Gasteiger partial charge is 0.136 e. The van der Waals surface area contributed by atoms with E-state index in [1.165, 1.54) is 12.8 Å². The van der Waals surface area contributed by atoms with Crippen molar-refractivity contribution in [2.75, 3.05) is 24.3 Å². The van der Waals surface area contributed by atoms with Crippen molar-refractivity contribution in [3.63, 3.8) is 0 Å². The molecule has 1 fully saturated rings. The summed E-state index contributed by atoms with van der Waals surface area (Å²) < 4.78 is 0. The van der Waals surface area contributed by atoms with Gasteiger partial charge in [0.1, 0.15) is 17.5 Å². The Bertz CT molecular complexity index is 640. The minimum absolute atomic E-state index is 0.533.